The van der Waals surface area contributed by atoms with Crippen LogP contribution in [0.5, 0.6) is 0 Å². The number of anilines is 2. The fourth-order valence-corrected chi connectivity index (χ4v) is 1.95. The Bertz CT molecular complexity index is 527. The molecule has 1 aromatic rings. The first kappa shape index (κ1) is 16.8. The molecular formula is C15H23N3O3. The van der Waals surface area contributed by atoms with Gasteiger partial charge in [-0.05, 0) is 32.0 Å². The summed E-state index contributed by atoms with van der Waals surface area (Å²) < 4.78 is 4.63. The van der Waals surface area contributed by atoms with Gasteiger partial charge < -0.3 is 20.3 Å². The van der Waals surface area contributed by atoms with E-state index in [9.17, 15) is 9.59 Å². The molecular weight excluding hydrogens is 270 g/mol. The van der Waals surface area contributed by atoms with Crippen LogP contribution in [0.1, 0.15) is 24.2 Å². The highest BCUT2D eigenvalue weighted by molar-refractivity contribution is 5.97. The molecule has 116 valence electrons. The summed E-state index contributed by atoms with van der Waals surface area (Å²) in [4.78, 5) is 27.3. The minimum absolute atomic E-state index is 0.0810. The molecule has 0 aromatic heterocycles. The molecule has 0 heterocycles. The van der Waals surface area contributed by atoms with Crippen molar-refractivity contribution in [3.63, 3.8) is 0 Å². The number of nitrogens with zero attached hydrogens (tertiary/aromatic N) is 2. The van der Waals surface area contributed by atoms with Gasteiger partial charge in [-0.25, -0.2) is 0 Å². The van der Waals surface area contributed by atoms with Gasteiger partial charge in [0.25, 0.3) is 5.91 Å². The molecule has 21 heavy (non-hydrogen) atoms. The van der Waals surface area contributed by atoms with E-state index in [1.54, 1.807) is 18.2 Å². The van der Waals surface area contributed by atoms with E-state index in [0.29, 0.717) is 11.3 Å². The molecule has 0 saturated heterocycles. The predicted octanol–water partition coefficient (Wildman–Crippen LogP) is 1.36. The smallest absolute Gasteiger partial charge is 0.325 e. The van der Waals surface area contributed by atoms with Gasteiger partial charge in [0, 0.05) is 25.7 Å². The molecule has 1 aromatic carbocycles. The average molecular weight is 293 g/mol. The number of carbonyl (C=O) groups excluding carboxylic acids is 2. The molecule has 1 amide bonds. The number of methoxy groups -OCH3 is 1. The molecule has 2 N–H and O–H groups in total. The Morgan fingerprint density at radius 1 is 1.29 bits per heavy atom. The zero-order valence-corrected chi connectivity index (χ0v) is 13.2. The lowest BCUT2D eigenvalue weighted by Crippen LogP contribution is -2.41. The lowest BCUT2D eigenvalue weighted by Gasteiger charge is -2.26. The molecule has 0 unspecified atom stereocenters. The molecule has 0 saturated carbocycles. The number of esters is 1. The van der Waals surface area contributed by atoms with Crippen LogP contribution in [0, 0.1) is 0 Å². The number of nitrogen functional groups attached to an aromatic ring is 1. The standard InChI is InChI=1S/C15H23N3O3/c1-10(2)18(9-14(19)21-5)15(20)11-6-7-13(17(3)4)12(16)8-11/h6-8,10H,9,16H2,1-5H3. The molecule has 0 atom stereocenters. The minimum Gasteiger partial charge on any atom is -0.468 e. The third-order valence-corrected chi connectivity index (χ3v) is 3.17. The first-order valence-electron chi connectivity index (χ1n) is 6.72. The summed E-state index contributed by atoms with van der Waals surface area (Å²) in [6, 6.07) is 5.01. The van der Waals surface area contributed by atoms with Gasteiger partial charge in [-0.15, -0.1) is 0 Å². The van der Waals surface area contributed by atoms with Gasteiger partial charge in [-0.2, -0.15) is 0 Å². The Balaban J connectivity index is 3.04. The molecule has 0 radical (unpaired) electrons. The molecule has 6 heteroatoms. The molecule has 0 fully saturated rings. The molecule has 0 aliphatic carbocycles. The largest absolute Gasteiger partial charge is 0.468 e. The van der Waals surface area contributed by atoms with E-state index in [1.807, 2.05) is 32.8 Å². The number of carbonyl (C=O) groups is 2. The van der Waals surface area contributed by atoms with Crippen LogP contribution in [0.15, 0.2) is 18.2 Å². The highest BCUT2D eigenvalue weighted by Gasteiger charge is 2.22. The molecule has 0 spiro atoms. The first-order valence-corrected chi connectivity index (χ1v) is 6.72. The van der Waals surface area contributed by atoms with E-state index < -0.39 is 5.97 Å². The van der Waals surface area contributed by atoms with Crippen LogP contribution >= 0.6 is 0 Å². The average Bonchev–Trinajstić information content (AvgIpc) is 2.42. The van der Waals surface area contributed by atoms with Crippen LogP contribution in [0.3, 0.4) is 0 Å². The third kappa shape index (κ3) is 4.11. The second-order valence-electron chi connectivity index (χ2n) is 5.27. The second-order valence-corrected chi connectivity index (χ2v) is 5.27. The van der Waals surface area contributed by atoms with Crippen LogP contribution in [-0.2, 0) is 9.53 Å². The Labute approximate surface area is 125 Å². The summed E-state index contributed by atoms with van der Waals surface area (Å²) in [5, 5.41) is 0. The summed E-state index contributed by atoms with van der Waals surface area (Å²) in [6.07, 6.45) is 0. The van der Waals surface area contributed by atoms with Crippen molar-refractivity contribution in [2.24, 2.45) is 0 Å². The van der Waals surface area contributed by atoms with Crippen molar-refractivity contribution >= 4 is 23.3 Å². The topological polar surface area (TPSA) is 75.9 Å². The lowest BCUT2D eigenvalue weighted by atomic mass is 10.1. The van der Waals surface area contributed by atoms with Crippen LogP contribution < -0.4 is 10.6 Å². The van der Waals surface area contributed by atoms with Gasteiger partial charge in [0.15, 0.2) is 0 Å². The Morgan fingerprint density at radius 3 is 2.33 bits per heavy atom. The van der Waals surface area contributed by atoms with Gasteiger partial charge in [0.1, 0.15) is 6.54 Å². The summed E-state index contributed by atoms with van der Waals surface area (Å²) in [5.41, 5.74) is 7.78. The van der Waals surface area contributed by atoms with E-state index in [-0.39, 0.29) is 18.5 Å². The van der Waals surface area contributed by atoms with Crippen LogP contribution in [0.4, 0.5) is 11.4 Å². The number of nitrogens with two attached hydrogens (primary N) is 1. The van der Waals surface area contributed by atoms with Crippen LogP contribution in [0.25, 0.3) is 0 Å². The highest BCUT2D eigenvalue weighted by atomic mass is 16.5. The summed E-state index contributed by atoms with van der Waals surface area (Å²) in [7, 11) is 5.06. The van der Waals surface area contributed by atoms with Crippen molar-refractivity contribution in [3.05, 3.63) is 23.8 Å². The Morgan fingerprint density at radius 2 is 1.90 bits per heavy atom. The lowest BCUT2D eigenvalue weighted by molar-refractivity contribution is -0.141. The number of benzene rings is 1. The Kier molecular flexibility index (Phi) is 5.58. The molecule has 0 aliphatic heterocycles. The van der Waals surface area contributed by atoms with Crippen molar-refractivity contribution in [1.29, 1.82) is 0 Å². The fraction of sp³-hybridized carbons (Fsp3) is 0.467. The normalized spacial score (nSPS) is 10.4. The highest BCUT2D eigenvalue weighted by Crippen LogP contribution is 2.23. The van der Waals surface area contributed by atoms with Crippen molar-refractivity contribution in [3.8, 4) is 0 Å². The Hall–Kier alpha value is -2.24. The monoisotopic (exact) mass is 293 g/mol. The van der Waals surface area contributed by atoms with Gasteiger partial charge in [0.2, 0.25) is 0 Å². The fourth-order valence-electron chi connectivity index (χ4n) is 1.95. The maximum absolute atomic E-state index is 12.5. The number of rotatable bonds is 5. The number of ether oxygens (including phenoxy) is 1. The number of amides is 1. The summed E-state index contributed by atoms with van der Waals surface area (Å²) in [5.74, 6) is -0.692. The van der Waals surface area contributed by atoms with E-state index in [1.165, 1.54) is 12.0 Å². The molecule has 0 bridgehead atoms. The summed E-state index contributed by atoms with van der Waals surface area (Å²) in [6.45, 7) is 3.61. The minimum atomic E-state index is -0.449. The number of hydrogen-bond donors (Lipinski definition) is 1. The maximum atomic E-state index is 12.5. The van der Waals surface area contributed by atoms with Gasteiger partial charge >= 0.3 is 5.97 Å². The zero-order chi connectivity index (χ0) is 16.2. The predicted molar refractivity (Wildman–Crippen MR) is 83.4 cm³/mol. The molecule has 6 nitrogen and oxygen atoms in total. The van der Waals surface area contributed by atoms with Crippen molar-refractivity contribution < 1.29 is 14.3 Å². The SMILES string of the molecule is COC(=O)CN(C(=O)c1ccc(N(C)C)c(N)c1)C(C)C. The van der Waals surface area contributed by atoms with Crippen molar-refractivity contribution in [2.45, 2.75) is 19.9 Å². The van der Waals surface area contributed by atoms with Crippen molar-refractivity contribution in [1.82, 2.24) is 4.90 Å². The third-order valence-electron chi connectivity index (χ3n) is 3.17. The first-order chi connectivity index (χ1) is 9.77. The van der Waals surface area contributed by atoms with Crippen LogP contribution in [-0.4, -0.2) is 50.6 Å². The zero-order valence-electron chi connectivity index (χ0n) is 13.2. The van der Waals surface area contributed by atoms with E-state index in [4.69, 9.17) is 5.73 Å². The maximum Gasteiger partial charge on any atom is 0.325 e. The van der Waals surface area contributed by atoms with Gasteiger partial charge in [-0.1, -0.05) is 0 Å². The van der Waals surface area contributed by atoms with E-state index in [0.717, 1.165) is 5.69 Å². The quantitative estimate of drug-likeness (QED) is 0.655. The van der Waals surface area contributed by atoms with Crippen molar-refractivity contribution in [2.75, 3.05) is 38.4 Å². The van der Waals surface area contributed by atoms with E-state index in [2.05, 4.69) is 4.74 Å². The van der Waals surface area contributed by atoms with E-state index >= 15 is 0 Å². The van der Waals surface area contributed by atoms with Gasteiger partial charge in [0.05, 0.1) is 18.5 Å². The molecule has 0 aliphatic rings. The van der Waals surface area contributed by atoms with Crippen LogP contribution in [0.2, 0.25) is 0 Å². The number of hydrogen-bond acceptors (Lipinski definition) is 5. The summed E-state index contributed by atoms with van der Waals surface area (Å²) >= 11 is 0. The second kappa shape index (κ2) is 6.97. The molecule has 1 rings (SSSR count). The van der Waals surface area contributed by atoms with Gasteiger partial charge in [-0.3, -0.25) is 9.59 Å².